The normalized spacial score (nSPS) is 15.2. The highest BCUT2D eigenvalue weighted by Crippen LogP contribution is 2.33. The predicted molar refractivity (Wildman–Crippen MR) is 111 cm³/mol. The first-order valence-electron chi connectivity index (χ1n) is 9.51. The quantitative estimate of drug-likeness (QED) is 0.662. The van der Waals surface area contributed by atoms with Crippen molar-refractivity contribution in [3.05, 3.63) is 89.4 Å². The lowest BCUT2D eigenvalue weighted by Gasteiger charge is -2.10. The van der Waals surface area contributed by atoms with E-state index in [-0.39, 0.29) is 17.8 Å². The third-order valence-corrected chi connectivity index (χ3v) is 4.89. The zero-order valence-corrected chi connectivity index (χ0v) is 16.1. The smallest absolute Gasteiger partial charge is 0.244 e. The van der Waals surface area contributed by atoms with E-state index in [0.29, 0.717) is 6.54 Å². The van der Waals surface area contributed by atoms with Gasteiger partial charge in [-0.3, -0.25) is 9.78 Å². The van der Waals surface area contributed by atoms with Crippen molar-refractivity contribution in [1.82, 2.24) is 10.3 Å². The summed E-state index contributed by atoms with van der Waals surface area (Å²) >= 11 is 0. The van der Waals surface area contributed by atoms with Gasteiger partial charge in [0.15, 0.2) is 0 Å². The van der Waals surface area contributed by atoms with Crippen molar-refractivity contribution in [3.63, 3.8) is 0 Å². The summed E-state index contributed by atoms with van der Waals surface area (Å²) in [4.78, 5) is 16.5. The third kappa shape index (κ3) is 4.51. The number of carbonyl (C=O) groups excluding carboxylic acids is 1. The molecule has 1 aliphatic heterocycles. The molecule has 1 unspecified atom stereocenters. The maximum Gasteiger partial charge on any atom is 0.244 e. The number of ether oxygens (including phenoxy) is 1. The summed E-state index contributed by atoms with van der Waals surface area (Å²) < 4.78 is 18.9. The molecule has 0 spiro atoms. The zero-order chi connectivity index (χ0) is 20.2. The molecule has 0 aliphatic carbocycles. The van der Waals surface area contributed by atoms with Crippen molar-refractivity contribution >= 4 is 12.0 Å². The lowest BCUT2D eigenvalue weighted by Crippen LogP contribution is -2.33. The first kappa shape index (κ1) is 18.9. The Kier molecular flexibility index (Phi) is 5.38. The van der Waals surface area contributed by atoms with Gasteiger partial charge in [0.2, 0.25) is 5.91 Å². The largest absolute Gasteiger partial charge is 0.488 e. The fourth-order valence-electron chi connectivity index (χ4n) is 3.39. The van der Waals surface area contributed by atoms with Gasteiger partial charge in [-0.05, 0) is 66.1 Å². The molecule has 2 aromatic carbocycles. The standard InChI is InChI=1S/C24H21FN2O2/c1-16-3-2-12-26-24(16)18-7-10-22-19(13-18)14-21(29-22)15-27-23(28)11-6-17-4-8-20(25)9-5-17/h2-13,21H,14-15H2,1H3,(H,27,28). The fraction of sp³-hybridized carbons (Fsp3) is 0.167. The van der Waals surface area contributed by atoms with Crippen LogP contribution >= 0.6 is 0 Å². The molecule has 0 bridgehead atoms. The summed E-state index contributed by atoms with van der Waals surface area (Å²) in [5, 5.41) is 2.86. The second-order valence-corrected chi connectivity index (χ2v) is 7.07. The van der Waals surface area contributed by atoms with Crippen molar-refractivity contribution in [2.24, 2.45) is 0 Å². The highest BCUT2D eigenvalue weighted by atomic mass is 19.1. The van der Waals surface area contributed by atoms with Crippen LogP contribution in [0.1, 0.15) is 16.7 Å². The minimum absolute atomic E-state index is 0.103. The topological polar surface area (TPSA) is 51.2 Å². The molecule has 3 aromatic rings. The number of amides is 1. The first-order chi connectivity index (χ1) is 14.1. The Labute approximate surface area is 169 Å². The van der Waals surface area contributed by atoms with E-state index < -0.39 is 0 Å². The van der Waals surface area contributed by atoms with Gasteiger partial charge in [0.25, 0.3) is 0 Å². The molecule has 0 radical (unpaired) electrons. The molecule has 2 heterocycles. The molecule has 1 amide bonds. The summed E-state index contributed by atoms with van der Waals surface area (Å²) in [5.41, 5.74) is 5.05. The van der Waals surface area contributed by atoms with Crippen molar-refractivity contribution in [2.45, 2.75) is 19.4 Å². The van der Waals surface area contributed by atoms with E-state index in [1.165, 1.54) is 18.2 Å². The zero-order valence-electron chi connectivity index (χ0n) is 16.1. The lowest BCUT2D eigenvalue weighted by atomic mass is 10.0. The molecule has 0 saturated heterocycles. The Balaban J connectivity index is 1.34. The molecular weight excluding hydrogens is 367 g/mol. The molecule has 0 fully saturated rings. The number of hydrogen-bond acceptors (Lipinski definition) is 3. The molecule has 4 rings (SSSR count). The van der Waals surface area contributed by atoms with Crippen LogP contribution in [0, 0.1) is 12.7 Å². The molecule has 146 valence electrons. The third-order valence-electron chi connectivity index (χ3n) is 4.89. The van der Waals surface area contributed by atoms with E-state index >= 15 is 0 Å². The number of fused-ring (bicyclic) bond motifs is 1. The number of aryl methyl sites for hydroxylation is 1. The Bertz CT molecular complexity index is 1060. The van der Waals surface area contributed by atoms with E-state index in [9.17, 15) is 9.18 Å². The van der Waals surface area contributed by atoms with Crippen LogP contribution in [-0.2, 0) is 11.2 Å². The van der Waals surface area contributed by atoms with Gasteiger partial charge in [-0.25, -0.2) is 4.39 Å². The first-order valence-corrected chi connectivity index (χ1v) is 9.51. The van der Waals surface area contributed by atoms with Crippen LogP contribution in [0.3, 0.4) is 0 Å². The molecule has 1 N–H and O–H groups in total. The molecule has 1 aliphatic rings. The number of nitrogens with one attached hydrogen (secondary N) is 1. The molecule has 1 aromatic heterocycles. The van der Waals surface area contributed by atoms with E-state index in [2.05, 4.69) is 16.4 Å². The highest BCUT2D eigenvalue weighted by Gasteiger charge is 2.23. The summed E-state index contributed by atoms with van der Waals surface area (Å²) in [6.45, 7) is 2.46. The van der Waals surface area contributed by atoms with Gasteiger partial charge in [0.1, 0.15) is 17.7 Å². The summed E-state index contributed by atoms with van der Waals surface area (Å²) in [6, 6.07) is 16.0. The number of rotatable bonds is 5. The maximum atomic E-state index is 12.9. The molecule has 5 heteroatoms. The van der Waals surface area contributed by atoms with E-state index in [4.69, 9.17) is 4.74 Å². The Hall–Kier alpha value is -3.47. The fourth-order valence-corrected chi connectivity index (χ4v) is 3.39. The lowest BCUT2D eigenvalue weighted by molar-refractivity contribution is -0.116. The number of hydrogen-bond donors (Lipinski definition) is 1. The molecular formula is C24H21FN2O2. The highest BCUT2D eigenvalue weighted by molar-refractivity contribution is 5.91. The predicted octanol–water partition coefficient (Wildman–Crippen LogP) is 4.33. The minimum atomic E-state index is -0.300. The summed E-state index contributed by atoms with van der Waals surface area (Å²) in [7, 11) is 0. The molecule has 29 heavy (non-hydrogen) atoms. The Morgan fingerprint density at radius 1 is 1.24 bits per heavy atom. The molecule has 4 nitrogen and oxygen atoms in total. The summed E-state index contributed by atoms with van der Waals surface area (Å²) in [5.74, 6) is 0.341. The average molecular weight is 388 g/mol. The van der Waals surface area contributed by atoms with Gasteiger partial charge in [-0.2, -0.15) is 0 Å². The number of aromatic nitrogens is 1. The maximum absolute atomic E-state index is 12.9. The Morgan fingerprint density at radius 2 is 2.07 bits per heavy atom. The van der Waals surface area contributed by atoms with Gasteiger partial charge in [-0.1, -0.05) is 18.2 Å². The van der Waals surface area contributed by atoms with E-state index in [1.807, 2.05) is 31.2 Å². The number of pyridine rings is 1. The van der Waals surface area contributed by atoms with Gasteiger partial charge in [0.05, 0.1) is 12.2 Å². The van der Waals surface area contributed by atoms with Crippen LogP contribution in [-0.4, -0.2) is 23.5 Å². The van der Waals surface area contributed by atoms with Gasteiger partial charge < -0.3 is 10.1 Å². The average Bonchev–Trinajstić information content (AvgIpc) is 3.14. The van der Waals surface area contributed by atoms with Crippen LogP contribution in [0.2, 0.25) is 0 Å². The minimum Gasteiger partial charge on any atom is -0.488 e. The number of nitrogens with zero attached hydrogens (tertiary/aromatic N) is 1. The van der Waals surface area contributed by atoms with Crippen molar-refractivity contribution in [2.75, 3.05) is 6.54 Å². The van der Waals surface area contributed by atoms with Crippen LogP contribution in [0.15, 0.2) is 66.9 Å². The Morgan fingerprint density at radius 3 is 2.86 bits per heavy atom. The number of halogens is 1. The van der Waals surface area contributed by atoms with Crippen LogP contribution in [0.4, 0.5) is 4.39 Å². The summed E-state index contributed by atoms with van der Waals surface area (Å²) in [6.07, 6.45) is 5.52. The van der Waals surface area contributed by atoms with Crippen molar-refractivity contribution in [1.29, 1.82) is 0 Å². The molecule has 0 saturated carbocycles. The van der Waals surface area contributed by atoms with E-state index in [0.717, 1.165) is 40.1 Å². The SMILES string of the molecule is Cc1cccnc1-c1ccc2c(c1)CC(CNC(=O)C=Cc1ccc(F)cc1)O2. The van der Waals surface area contributed by atoms with Gasteiger partial charge in [0, 0.05) is 24.3 Å². The van der Waals surface area contributed by atoms with Crippen LogP contribution < -0.4 is 10.1 Å². The van der Waals surface area contributed by atoms with Crippen molar-refractivity contribution in [3.8, 4) is 17.0 Å². The second-order valence-electron chi connectivity index (χ2n) is 7.07. The molecule has 1 atom stereocenters. The number of benzene rings is 2. The van der Waals surface area contributed by atoms with E-state index in [1.54, 1.807) is 24.4 Å². The van der Waals surface area contributed by atoms with Gasteiger partial charge in [-0.15, -0.1) is 0 Å². The second kappa shape index (κ2) is 8.27. The van der Waals surface area contributed by atoms with Crippen molar-refractivity contribution < 1.29 is 13.9 Å². The van der Waals surface area contributed by atoms with Gasteiger partial charge >= 0.3 is 0 Å². The van der Waals surface area contributed by atoms with Crippen LogP contribution in [0.5, 0.6) is 5.75 Å². The monoisotopic (exact) mass is 388 g/mol. The van der Waals surface area contributed by atoms with Crippen LogP contribution in [0.25, 0.3) is 17.3 Å². The number of carbonyl (C=O) groups is 1.